The van der Waals surface area contributed by atoms with Crippen molar-refractivity contribution in [2.75, 3.05) is 0 Å². The first-order chi connectivity index (χ1) is 14.4. The van der Waals surface area contributed by atoms with Crippen LogP contribution in [0.3, 0.4) is 0 Å². The average molecular weight is 418 g/mol. The maximum absolute atomic E-state index is 13.4. The molecule has 0 spiro atoms. The van der Waals surface area contributed by atoms with E-state index in [9.17, 15) is 18.0 Å². The van der Waals surface area contributed by atoms with Crippen LogP contribution in [0, 0.1) is 6.92 Å². The molecule has 0 fully saturated rings. The van der Waals surface area contributed by atoms with Crippen LogP contribution in [-0.4, -0.2) is 17.4 Å². The topological polar surface area (TPSA) is 89.0 Å². The first-order valence-corrected chi connectivity index (χ1v) is 10.7. The molecule has 0 bridgehead atoms. The zero-order valence-electron chi connectivity index (χ0n) is 16.1. The van der Waals surface area contributed by atoms with Crippen molar-refractivity contribution in [1.82, 2.24) is 8.96 Å². The van der Waals surface area contributed by atoms with Crippen molar-refractivity contribution < 1.29 is 8.42 Å². The molecule has 0 radical (unpaired) electrons. The predicted octanol–water partition coefficient (Wildman–Crippen LogP) is 3.42. The van der Waals surface area contributed by atoms with E-state index in [-0.39, 0.29) is 16.2 Å². The fourth-order valence-corrected chi connectivity index (χ4v) is 4.51. The molecule has 4 rings (SSSR count). The number of nitrogens with one attached hydrogen (secondary N) is 1. The Labute approximate surface area is 173 Å². The Morgan fingerprint density at radius 1 is 0.733 bits per heavy atom. The van der Waals surface area contributed by atoms with Gasteiger partial charge in [0.1, 0.15) is 0 Å². The number of benzene rings is 3. The number of hydrogen-bond acceptors (Lipinski definition) is 4. The van der Waals surface area contributed by atoms with Crippen molar-refractivity contribution >= 4 is 10.0 Å². The van der Waals surface area contributed by atoms with Gasteiger partial charge in [0, 0.05) is 0 Å². The van der Waals surface area contributed by atoms with Crippen molar-refractivity contribution in [3.8, 4) is 22.4 Å². The monoisotopic (exact) mass is 418 g/mol. The van der Waals surface area contributed by atoms with Gasteiger partial charge in [0.2, 0.25) is 0 Å². The lowest BCUT2D eigenvalue weighted by molar-refractivity contribution is 0.582. The van der Waals surface area contributed by atoms with Crippen LogP contribution in [0.5, 0.6) is 0 Å². The van der Waals surface area contributed by atoms with Crippen LogP contribution in [0.2, 0.25) is 0 Å². The third kappa shape index (κ3) is 3.40. The standard InChI is InChI=1S/C23H18N2O4S/c1-16-12-14-19(15-13-16)30(28,29)25-22(26)20(17-8-4-2-5-9-17)21(24-23(25)27)18-10-6-3-7-11-18/h2-15H,1H3,(H,24,27). The smallest absolute Gasteiger partial charge is 0.305 e. The predicted molar refractivity (Wildman–Crippen MR) is 116 cm³/mol. The van der Waals surface area contributed by atoms with Gasteiger partial charge in [-0.25, -0.2) is 13.2 Å². The molecular weight excluding hydrogens is 400 g/mol. The largest absolute Gasteiger partial charge is 0.343 e. The maximum Gasteiger partial charge on any atom is 0.343 e. The van der Waals surface area contributed by atoms with Gasteiger partial charge in [-0.3, -0.25) is 4.79 Å². The zero-order chi connectivity index (χ0) is 21.3. The molecule has 6 nitrogen and oxygen atoms in total. The summed E-state index contributed by atoms with van der Waals surface area (Å²) >= 11 is 0. The van der Waals surface area contributed by atoms with Crippen LogP contribution in [0.15, 0.2) is 99.4 Å². The first kappa shape index (κ1) is 19.6. The number of aromatic amines is 1. The van der Waals surface area contributed by atoms with Crippen LogP contribution in [0.1, 0.15) is 5.56 Å². The summed E-state index contributed by atoms with van der Waals surface area (Å²) in [5, 5.41) is 0. The van der Waals surface area contributed by atoms with E-state index >= 15 is 0 Å². The lowest BCUT2D eigenvalue weighted by Crippen LogP contribution is -2.41. The van der Waals surface area contributed by atoms with Crippen LogP contribution < -0.4 is 11.2 Å². The molecule has 0 unspecified atom stereocenters. The molecule has 30 heavy (non-hydrogen) atoms. The maximum atomic E-state index is 13.4. The number of H-pyrrole nitrogens is 1. The second-order valence-electron chi connectivity index (χ2n) is 6.80. The number of aromatic nitrogens is 2. The zero-order valence-corrected chi connectivity index (χ0v) is 16.9. The molecule has 3 aromatic carbocycles. The second kappa shape index (κ2) is 7.61. The van der Waals surface area contributed by atoms with Crippen molar-refractivity contribution in [3.05, 3.63) is 111 Å². The molecule has 4 aromatic rings. The number of nitrogens with zero attached hydrogens (tertiary/aromatic N) is 1. The lowest BCUT2D eigenvalue weighted by atomic mass is 10.0. The minimum Gasteiger partial charge on any atom is -0.305 e. The highest BCUT2D eigenvalue weighted by atomic mass is 32.2. The molecule has 150 valence electrons. The summed E-state index contributed by atoms with van der Waals surface area (Å²) in [6.45, 7) is 1.82. The molecule has 0 aliphatic heterocycles. The molecule has 7 heteroatoms. The summed E-state index contributed by atoms with van der Waals surface area (Å²) in [6.07, 6.45) is 0. The van der Waals surface area contributed by atoms with Crippen LogP contribution in [-0.2, 0) is 10.0 Å². The van der Waals surface area contributed by atoms with Gasteiger partial charge in [0.15, 0.2) is 0 Å². The third-order valence-electron chi connectivity index (χ3n) is 4.75. The summed E-state index contributed by atoms with van der Waals surface area (Å²) < 4.78 is 26.6. The van der Waals surface area contributed by atoms with Crippen molar-refractivity contribution in [2.45, 2.75) is 11.8 Å². The van der Waals surface area contributed by atoms with E-state index < -0.39 is 21.3 Å². The average Bonchev–Trinajstić information content (AvgIpc) is 2.74. The fourth-order valence-electron chi connectivity index (χ4n) is 3.25. The van der Waals surface area contributed by atoms with Gasteiger partial charge >= 0.3 is 5.69 Å². The van der Waals surface area contributed by atoms with Crippen LogP contribution >= 0.6 is 0 Å². The van der Waals surface area contributed by atoms with E-state index in [2.05, 4.69) is 4.98 Å². The van der Waals surface area contributed by atoms with Crippen LogP contribution in [0.4, 0.5) is 0 Å². The van der Waals surface area contributed by atoms with Gasteiger partial charge in [-0.2, -0.15) is 0 Å². The lowest BCUT2D eigenvalue weighted by Gasteiger charge is -2.13. The summed E-state index contributed by atoms with van der Waals surface area (Å²) in [4.78, 5) is 28.8. The molecular formula is C23H18N2O4S. The molecule has 0 aliphatic carbocycles. The van der Waals surface area contributed by atoms with Crippen LogP contribution in [0.25, 0.3) is 22.4 Å². The molecule has 1 heterocycles. The first-order valence-electron chi connectivity index (χ1n) is 9.22. The Balaban J connectivity index is 2.07. The molecule has 0 saturated carbocycles. The quantitative estimate of drug-likeness (QED) is 0.550. The van der Waals surface area contributed by atoms with E-state index in [1.807, 2.05) is 13.0 Å². The Morgan fingerprint density at radius 3 is 1.83 bits per heavy atom. The molecule has 0 amide bonds. The van der Waals surface area contributed by atoms with Gasteiger partial charge < -0.3 is 4.98 Å². The van der Waals surface area contributed by atoms with Gasteiger partial charge in [0.25, 0.3) is 15.6 Å². The van der Waals surface area contributed by atoms with Crippen molar-refractivity contribution in [2.24, 2.45) is 0 Å². The van der Waals surface area contributed by atoms with E-state index in [0.717, 1.165) is 5.56 Å². The van der Waals surface area contributed by atoms with E-state index in [4.69, 9.17) is 0 Å². The highest BCUT2D eigenvalue weighted by Gasteiger charge is 2.26. The van der Waals surface area contributed by atoms with E-state index in [0.29, 0.717) is 15.1 Å². The molecule has 0 atom stereocenters. The van der Waals surface area contributed by atoms with Crippen molar-refractivity contribution in [1.29, 1.82) is 0 Å². The Morgan fingerprint density at radius 2 is 1.27 bits per heavy atom. The Kier molecular flexibility index (Phi) is 4.97. The van der Waals surface area contributed by atoms with Gasteiger partial charge in [-0.05, 0) is 30.2 Å². The normalized spacial score (nSPS) is 11.4. The van der Waals surface area contributed by atoms with E-state index in [1.54, 1.807) is 66.7 Å². The number of aryl methyl sites for hydroxylation is 1. The number of rotatable bonds is 4. The molecule has 0 saturated heterocycles. The summed E-state index contributed by atoms with van der Waals surface area (Å²) in [5.74, 6) is 0. The third-order valence-corrected chi connectivity index (χ3v) is 6.43. The fraction of sp³-hybridized carbons (Fsp3) is 0.0435. The second-order valence-corrected chi connectivity index (χ2v) is 8.59. The van der Waals surface area contributed by atoms with Gasteiger partial charge in [-0.1, -0.05) is 78.4 Å². The van der Waals surface area contributed by atoms with Gasteiger partial charge in [0.05, 0.1) is 16.2 Å². The van der Waals surface area contributed by atoms with Crippen molar-refractivity contribution in [3.63, 3.8) is 0 Å². The minimum absolute atomic E-state index is 0.108. The SMILES string of the molecule is Cc1ccc(S(=O)(=O)n2c(=O)[nH]c(-c3ccccc3)c(-c3ccccc3)c2=O)cc1. The molecule has 1 N–H and O–H groups in total. The van der Waals surface area contributed by atoms with Gasteiger partial charge in [-0.15, -0.1) is 3.97 Å². The minimum atomic E-state index is -4.39. The van der Waals surface area contributed by atoms with E-state index in [1.165, 1.54) is 12.1 Å². The Hall–Kier alpha value is -3.71. The number of hydrogen-bond donors (Lipinski definition) is 1. The molecule has 1 aromatic heterocycles. The summed E-state index contributed by atoms with van der Waals surface area (Å²) in [6, 6.07) is 23.5. The summed E-state index contributed by atoms with van der Waals surface area (Å²) in [7, 11) is -4.39. The highest BCUT2D eigenvalue weighted by Crippen LogP contribution is 2.27. The molecule has 0 aliphatic rings. The summed E-state index contributed by atoms with van der Waals surface area (Å²) in [5.41, 5.74) is 0.434. The Bertz CT molecular complexity index is 1420. The highest BCUT2D eigenvalue weighted by molar-refractivity contribution is 7.89.